The van der Waals surface area contributed by atoms with E-state index in [1.54, 1.807) is 14.2 Å². The number of likely N-dealkylation sites (N-methyl/N-ethyl adjacent to an activating group) is 1. The highest BCUT2D eigenvalue weighted by atomic mass is 16.7. The number of nitrogens with zero attached hydrogens (tertiary/aromatic N) is 1. The van der Waals surface area contributed by atoms with E-state index in [1.807, 2.05) is 24.3 Å². The third kappa shape index (κ3) is 6.98. The molecule has 0 amide bonds. The van der Waals surface area contributed by atoms with Crippen LogP contribution in [0.1, 0.15) is 39.9 Å². The third-order valence-electron chi connectivity index (χ3n) is 6.47. The number of Topliss-reactive ketones (excluding diaryl/α,β-unsaturated/α-hetero) is 1. The van der Waals surface area contributed by atoms with Crippen LogP contribution < -0.4 is 18.9 Å². The average molecular weight is 562 g/mol. The van der Waals surface area contributed by atoms with Gasteiger partial charge in [0.2, 0.25) is 6.79 Å². The maximum atomic E-state index is 13.1. The summed E-state index contributed by atoms with van der Waals surface area (Å²) < 4.78 is 22.0. The average Bonchev–Trinajstić information content (AvgIpc) is 3.34. The Labute approximate surface area is 229 Å². The molecule has 4 rings (SSSR count). The van der Waals surface area contributed by atoms with E-state index in [1.165, 1.54) is 0 Å². The van der Waals surface area contributed by atoms with Crippen molar-refractivity contribution in [3.8, 4) is 23.0 Å². The molecule has 0 saturated heterocycles. The minimum absolute atomic E-state index is 0.0707. The number of ether oxygens (including phenoxy) is 4. The Kier molecular flexibility index (Phi) is 9.56. The first-order valence-electron chi connectivity index (χ1n) is 12.1. The summed E-state index contributed by atoms with van der Waals surface area (Å²) in [4.78, 5) is 45.9. The van der Waals surface area contributed by atoms with Crippen molar-refractivity contribution in [3.63, 3.8) is 0 Å². The molecule has 0 fully saturated rings. The predicted octanol–water partition coefficient (Wildman–Crippen LogP) is 1.60. The quantitative estimate of drug-likeness (QED) is 0.382. The monoisotopic (exact) mass is 561 g/mol. The van der Waals surface area contributed by atoms with Gasteiger partial charge in [0.1, 0.15) is 0 Å². The van der Waals surface area contributed by atoms with E-state index in [0.29, 0.717) is 41.5 Å². The zero-order valence-electron chi connectivity index (χ0n) is 22.3. The van der Waals surface area contributed by atoms with Crippen molar-refractivity contribution in [1.29, 1.82) is 0 Å². The van der Waals surface area contributed by atoms with Gasteiger partial charge in [0.15, 0.2) is 34.4 Å². The lowest BCUT2D eigenvalue weighted by atomic mass is 9.92. The third-order valence-corrected chi connectivity index (χ3v) is 6.47. The second-order valence-electron chi connectivity index (χ2n) is 9.37. The highest BCUT2D eigenvalue weighted by Gasteiger charge is 2.40. The van der Waals surface area contributed by atoms with Crippen molar-refractivity contribution in [2.45, 2.75) is 37.8 Å². The van der Waals surface area contributed by atoms with Gasteiger partial charge in [-0.3, -0.25) is 14.4 Å². The Balaban J connectivity index is 0.000000289. The molecule has 4 N–H and O–H groups in total. The smallest absolute Gasteiger partial charge is 0.336 e. The number of hydrogen-bond donors (Lipinski definition) is 4. The number of carbonyl (C=O) groups excluding carboxylic acids is 1. The lowest BCUT2D eigenvalue weighted by molar-refractivity contribution is -0.170. The van der Waals surface area contributed by atoms with Gasteiger partial charge in [-0.2, -0.15) is 0 Å². The summed E-state index contributed by atoms with van der Waals surface area (Å²) >= 11 is 0. The van der Waals surface area contributed by atoms with Crippen LogP contribution in [0, 0.1) is 0 Å². The second-order valence-corrected chi connectivity index (χ2v) is 9.37. The molecule has 2 heterocycles. The van der Waals surface area contributed by atoms with Crippen LogP contribution in [0.25, 0.3) is 0 Å². The molecule has 0 saturated carbocycles. The number of hydrogen-bond acceptors (Lipinski definition) is 10. The Bertz CT molecular complexity index is 1290. The fraction of sp³-hybridized carbons (Fsp3) is 0.407. The molecule has 0 aliphatic carbocycles. The minimum Gasteiger partial charge on any atom is -0.493 e. The molecule has 13 nitrogen and oxygen atoms in total. The molecule has 0 aromatic heterocycles. The van der Waals surface area contributed by atoms with Crippen LogP contribution in [0.4, 0.5) is 0 Å². The molecule has 0 unspecified atom stereocenters. The zero-order chi connectivity index (χ0) is 29.6. The Hall–Kier alpha value is -4.36. The molecule has 0 radical (unpaired) electrons. The maximum Gasteiger partial charge on any atom is 0.336 e. The summed E-state index contributed by atoms with van der Waals surface area (Å²) in [5, 5.41) is 33.8. The number of carboxylic acid groups (broad SMARTS) is 3. The number of aliphatic carboxylic acids is 3. The summed E-state index contributed by atoms with van der Waals surface area (Å²) in [6, 6.07) is 7.58. The lowest BCUT2D eigenvalue weighted by Gasteiger charge is -2.24. The Morgan fingerprint density at radius 1 is 0.975 bits per heavy atom. The van der Waals surface area contributed by atoms with Gasteiger partial charge < -0.3 is 44.3 Å². The summed E-state index contributed by atoms with van der Waals surface area (Å²) in [6.07, 6.45) is -1.23. The molecule has 2 aromatic rings. The number of rotatable bonds is 7. The summed E-state index contributed by atoms with van der Waals surface area (Å²) in [7, 11) is 5.33. The summed E-state index contributed by atoms with van der Waals surface area (Å²) in [5.41, 5.74) is 0.916. The Morgan fingerprint density at radius 3 is 2.15 bits per heavy atom. The van der Waals surface area contributed by atoms with Gasteiger partial charge in [-0.25, -0.2) is 4.79 Å². The number of ketones is 1. The fourth-order valence-corrected chi connectivity index (χ4v) is 4.46. The highest BCUT2D eigenvalue weighted by molar-refractivity contribution is 6.00. The topological polar surface area (TPSA) is 189 Å². The number of fused-ring (bicyclic) bond motifs is 3. The van der Waals surface area contributed by atoms with E-state index in [2.05, 4.69) is 11.9 Å². The normalized spacial score (nSPS) is 14.7. The van der Waals surface area contributed by atoms with E-state index in [-0.39, 0.29) is 12.6 Å². The van der Waals surface area contributed by atoms with Crippen molar-refractivity contribution in [1.82, 2.24) is 4.90 Å². The van der Waals surface area contributed by atoms with Crippen LogP contribution in [0.2, 0.25) is 0 Å². The number of methoxy groups -OCH3 is 2. The van der Waals surface area contributed by atoms with Crippen molar-refractivity contribution in [2.24, 2.45) is 0 Å². The highest BCUT2D eigenvalue weighted by Crippen LogP contribution is 2.38. The molecule has 2 aromatic carbocycles. The SMILES string of the molecule is COc1ccc2c(c1OC)CN(C)CCc1cc3c(cc1C(=O)C2)OCO3.O=C(O)CC(O)(CC(=O)O)C(=O)O. The molecule has 0 atom stereocenters. The first kappa shape index (κ1) is 30.2. The largest absolute Gasteiger partial charge is 0.493 e. The van der Waals surface area contributed by atoms with Crippen LogP contribution in [0.15, 0.2) is 24.3 Å². The Morgan fingerprint density at radius 2 is 1.60 bits per heavy atom. The zero-order valence-corrected chi connectivity index (χ0v) is 22.3. The van der Waals surface area contributed by atoms with Gasteiger partial charge in [0, 0.05) is 30.6 Å². The van der Waals surface area contributed by atoms with Gasteiger partial charge in [-0.05, 0) is 42.8 Å². The number of aliphatic hydroxyl groups is 1. The molecule has 40 heavy (non-hydrogen) atoms. The molecule has 0 bridgehead atoms. The molecule has 2 aliphatic heterocycles. The molecule has 2 aliphatic rings. The second kappa shape index (κ2) is 12.7. The van der Waals surface area contributed by atoms with Gasteiger partial charge in [-0.1, -0.05) is 6.07 Å². The molecule has 13 heteroatoms. The fourth-order valence-electron chi connectivity index (χ4n) is 4.46. The van der Waals surface area contributed by atoms with Crippen LogP contribution >= 0.6 is 0 Å². The predicted molar refractivity (Wildman–Crippen MR) is 137 cm³/mol. The maximum absolute atomic E-state index is 13.1. The first-order chi connectivity index (χ1) is 18.9. The first-order valence-corrected chi connectivity index (χ1v) is 12.1. The van der Waals surface area contributed by atoms with Crippen molar-refractivity contribution in [3.05, 3.63) is 46.5 Å². The van der Waals surface area contributed by atoms with E-state index in [9.17, 15) is 19.2 Å². The van der Waals surface area contributed by atoms with Crippen molar-refractivity contribution >= 4 is 23.7 Å². The van der Waals surface area contributed by atoms with E-state index >= 15 is 0 Å². The number of carboxylic acids is 3. The molecular weight excluding hydrogens is 530 g/mol. The van der Waals surface area contributed by atoms with Crippen LogP contribution in [0.3, 0.4) is 0 Å². The number of benzene rings is 2. The van der Waals surface area contributed by atoms with Gasteiger partial charge in [-0.15, -0.1) is 0 Å². The molecular formula is C27H31NO12. The lowest BCUT2D eigenvalue weighted by Crippen LogP contribution is -2.42. The summed E-state index contributed by atoms with van der Waals surface area (Å²) in [5.74, 6) is -2.22. The van der Waals surface area contributed by atoms with E-state index in [0.717, 1.165) is 29.7 Å². The van der Waals surface area contributed by atoms with Crippen molar-refractivity contribution < 1.29 is 58.6 Å². The van der Waals surface area contributed by atoms with E-state index < -0.39 is 36.4 Å². The van der Waals surface area contributed by atoms with Crippen LogP contribution in [0.5, 0.6) is 23.0 Å². The van der Waals surface area contributed by atoms with Crippen LogP contribution in [-0.2, 0) is 33.8 Å². The number of carbonyl (C=O) groups is 4. The van der Waals surface area contributed by atoms with Crippen molar-refractivity contribution in [2.75, 3.05) is 34.6 Å². The van der Waals surface area contributed by atoms with E-state index in [4.69, 9.17) is 39.4 Å². The summed E-state index contributed by atoms with van der Waals surface area (Å²) in [6.45, 7) is 1.69. The molecule has 216 valence electrons. The standard InChI is InChI=1S/C21H23NO5.C6H8O7/c1-22-7-6-14-9-19-20(27-12-26-19)10-15(14)17(23)8-13-4-5-18(24-2)21(25-3)16(13)11-22;7-3(8)1-6(13,5(11)12)2-4(9)10/h4-5,9-10H,6-8,11-12H2,1-3H3;13H,1-2H2,(H,7,8)(H,9,10)(H,11,12). The minimum atomic E-state index is -2.74. The van der Waals surface area contributed by atoms with Gasteiger partial charge in [0.25, 0.3) is 0 Å². The van der Waals surface area contributed by atoms with Crippen LogP contribution in [-0.4, -0.2) is 89.2 Å². The molecule has 0 spiro atoms. The van der Waals surface area contributed by atoms with Gasteiger partial charge in [0.05, 0.1) is 27.1 Å². The van der Waals surface area contributed by atoms with Gasteiger partial charge >= 0.3 is 17.9 Å².